The summed E-state index contributed by atoms with van der Waals surface area (Å²) < 4.78 is 0. The number of aliphatic carboxylic acids is 1. The number of carboxylic acids is 1. The van der Waals surface area contributed by atoms with Gasteiger partial charge in [-0.15, -0.1) is 0 Å². The molecule has 0 aromatic rings. The summed E-state index contributed by atoms with van der Waals surface area (Å²) in [6.07, 6.45) is 15.5. The summed E-state index contributed by atoms with van der Waals surface area (Å²) in [7, 11) is 0. The highest BCUT2D eigenvalue weighted by molar-refractivity contribution is 5.66. The van der Waals surface area contributed by atoms with E-state index in [0.717, 1.165) is 68.9 Å². The van der Waals surface area contributed by atoms with Gasteiger partial charge in [-0.3, -0.25) is 4.79 Å². The standard InChI is InChI=1S/C28H47NO3/c1-19(18-29-16-6-4-5-7-26(31)32)23-10-11-24-22-9-8-20-17-21(30)12-14-27(20,2)25(22)13-15-28(23,24)3/h8,19,21-25,29-30H,4-7,9-18H2,1-3H3,(H,31,32)/t19-,21+,22?,23-,24+,25+,27+,28-/m1/s1. The van der Waals surface area contributed by atoms with Crippen molar-refractivity contribution in [2.45, 2.75) is 104 Å². The minimum Gasteiger partial charge on any atom is -0.481 e. The third-order valence-electron chi connectivity index (χ3n) is 10.5. The second kappa shape index (κ2) is 9.78. The maximum Gasteiger partial charge on any atom is 0.303 e. The van der Waals surface area contributed by atoms with E-state index in [9.17, 15) is 9.90 Å². The van der Waals surface area contributed by atoms with Crippen LogP contribution in [0.4, 0.5) is 0 Å². The highest BCUT2D eigenvalue weighted by atomic mass is 16.4. The molecule has 182 valence electrons. The largest absolute Gasteiger partial charge is 0.481 e. The van der Waals surface area contributed by atoms with Gasteiger partial charge in [0.25, 0.3) is 0 Å². The smallest absolute Gasteiger partial charge is 0.303 e. The number of allylic oxidation sites excluding steroid dienone is 1. The van der Waals surface area contributed by atoms with Crippen molar-refractivity contribution in [3.63, 3.8) is 0 Å². The molecule has 4 aliphatic rings. The van der Waals surface area contributed by atoms with E-state index in [1.165, 1.54) is 38.5 Å². The lowest BCUT2D eigenvalue weighted by atomic mass is 9.47. The Balaban J connectivity index is 1.32. The monoisotopic (exact) mass is 445 g/mol. The Kier molecular flexibility index (Phi) is 7.41. The molecule has 4 nitrogen and oxygen atoms in total. The van der Waals surface area contributed by atoms with E-state index in [1.54, 1.807) is 5.57 Å². The first-order valence-corrected chi connectivity index (χ1v) is 13.6. The van der Waals surface area contributed by atoms with Crippen LogP contribution in [-0.4, -0.2) is 35.4 Å². The lowest BCUT2D eigenvalue weighted by Crippen LogP contribution is -2.51. The minimum absolute atomic E-state index is 0.110. The van der Waals surface area contributed by atoms with E-state index in [0.29, 0.717) is 23.2 Å². The maximum absolute atomic E-state index is 10.6. The Hall–Kier alpha value is -0.870. The van der Waals surface area contributed by atoms with Gasteiger partial charge >= 0.3 is 5.97 Å². The molecule has 0 aromatic carbocycles. The normalized spacial score (nSPS) is 41.9. The molecule has 3 N–H and O–H groups in total. The molecular formula is C28H47NO3. The van der Waals surface area contributed by atoms with Gasteiger partial charge in [-0.2, -0.15) is 0 Å². The zero-order valence-electron chi connectivity index (χ0n) is 20.7. The van der Waals surface area contributed by atoms with Gasteiger partial charge in [-0.1, -0.05) is 38.8 Å². The molecule has 4 aliphatic carbocycles. The molecule has 0 amide bonds. The molecule has 3 saturated carbocycles. The molecule has 0 bridgehead atoms. The summed E-state index contributed by atoms with van der Waals surface area (Å²) in [5.41, 5.74) is 2.41. The van der Waals surface area contributed by atoms with Crippen LogP contribution >= 0.6 is 0 Å². The first kappa shape index (κ1) is 24.3. The summed E-state index contributed by atoms with van der Waals surface area (Å²) in [5, 5.41) is 22.7. The fourth-order valence-corrected chi connectivity index (χ4v) is 8.79. The first-order valence-electron chi connectivity index (χ1n) is 13.6. The molecule has 0 spiro atoms. The third kappa shape index (κ3) is 4.56. The molecule has 4 rings (SSSR count). The zero-order chi connectivity index (χ0) is 22.9. The number of hydrogen-bond acceptors (Lipinski definition) is 3. The molecule has 0 radical (unpaired) electrons. The van der Waals surface area contributed by atoms with Gasteiger partial charge in [-0.05, 0) is 118 Å². The number of unbranched alkanes of at least 4 members (excludes halogenated alkanes) is 2. The Labute approximate surface area is 195 Å². The van der Waals surface area contributed by atoms with Crippen LogP contribution in [0.15, 0.2) is 11.6 Å². The van der Waals surface area contributed by atoms with Crippen LogP contribution in [-0.2, 0) is 4.79 Å². The topological polar surface area (TPSA) is 69.6 Å². The van der Waals surface area contributed by atoms with Crippen LogP contribution in [0.25, 0.3) is 0 Å². The van der Waals surface area contributed by atoms with Crippen LogP contribution in [0, 0.1) is 40.4 Å². The average Bonchev–Trinajstić information content (AvgIpc) is 3.10. The number of hydrogen-bond donors (Lipinski definition) is 3. The number of carbonyl (C=O) groups is 1. The van der Waals surface area contributed by atoms with E-state index in [-0.39, 0.29) is 6.10 Å². The average molecular weight is 446 g/mol. The van der Waals surface area contributed by atoms with E-state index in [2.05, 4.69) is 32.2 Å². The Morgan fingerprint density at radius 1 is 1.12 bits per heavy atom. The van der Waals surface area contributed by atoms with Crippen molar-refractivity contribution >= 4 is 5.97 Å². The second-order valence-corrected chi connectivity index (χ2v) is 12.3. The van der Waals surface area contributed by atoms with Gasteiger partial charge in [0.15, 0.2) is 0 Å². The van der Waals surface area contributed by atoms with Crippen molar-refractivity contribution in [3.8, 4) is 0 Å². The first-order chi connectivity index (χ1) is 15.3. The van der Waals surface area contributed by atoms with Gasteiger partial charge in [-0.25, -0.2) is 0 Å². The molecule has 32 heavy (non-hydrogen) atoms. The molecule has 0 aliphatic heterocycles. The lowest BCUT2D eigenvalue weighted by molar-refractivity contribution is -0.137. The molecule has 8 atom stereocenters. The molecule has 1 unspecified atom stereocenters. The van der Waals surface area contributed by atoms with Gasteiger partial charge in [0.2, 0.25) is 0 Å². The van der Waals surface area contributed by atoms with Crippen molar-refractivity contribution in [3.05, 3.63) is 11.6 Å². The third-order valence-corrected chi connectivity index (χ3v) is 10.5. The number of nitrogens with one attached hydrogen (secondary N) is 1. The van der Waals surface area contributed by atoms with Crippen molar-refractivity contribution in [1.82, 2.24) is 5.32 Å². The molecule has 0 saturated heterocycles. The van der Waals surface area contributed by atoms with Crippen LogP contribution in [0.2, 0.25) is 0 Å². The SMILES string of the molecule is C[C@H](CNCCCCCC(=O)O)[C@H]1CC[C@H]2C3CC=C4C[C@@H](O)CC[C@]4(C)[C@H]3CC[C@]12C. The highest BCUT2D eigenvalue weighted by Gasteiger charge is 2.59. The summed E-state index contributed by atoms with van der Waals surface area (Å²) >= 11 is 0. The van der Waals surface area contributed by atoms with E-state index in [4.69, 9.17) is 5.11 Å². The number of carboxylic acid groups (broad SMARTS) is 1. The summed E-state index contributed by atoms with van der Waals surface area (Å²) in [4.78, 5) is 10.6. The second-order valence-electron chi connectivity index (χ2n) is 12.3. The van der Waals surface area contributed by atoms with Crippen molar-refractivity contribution < 1.29 is 15.0 Å². The lowest BCUT2D eigenvalue weighted by Gasteiger charge is -2.58. The van der Waals surface area contributed by atoms with Gasteiger partial charge in [0, 0.05) is 6.42 Å². The minimum atomic E-state index is -0.676. The summed E-state index contributed by atoms with van der Waals surface area (Å²) in [6.45, 7) is 9.73. The predicted octanol–water partition coefficient (Wildman–Crippen LogP) is 5.80. The van der Waals surface area contributed by atoms with E-state index < -0.39 is 5.97 Å². The molecule has 4 heteroatoms. The van der Waals surface area contributed by atoms with Crippen LogP contribution in [0.3, 0.4) is 0 Å². The summed E-state index contributed by atoms with van der Waals surface area (Å²) in [5.74, 6) is 3.38. The Morgan fingerprint density at radius 3 is 2.72 bits per heavy atom. The van der Waals surface area contributed by atoms with Crippen LogP contribution in [0.1, 0.15) is 97.8 Å². The molecule has 3 fully saturated rings. The molecule has 0 aromatic heterocycles. The Morgan fingerprint density at radius 2 is 1.94 bits per heavy atom. The molecule has 0 heterocycles. The van der Waals surface area contributed by atoms with Crippen molar-refractivity contribution in [2.75, 3.05) is 13.1 Å². The Bertz CT molecular complexity index is 705. The predicted molar refractivity (Wildman–Crippen MR) is 129 cm³/mol. The number of fused-ring (bicyclic) bond motifs is 5. The van der Waals surface area contributed by atoms with Gasteiger partial charge in [0.05, 0.1) is 6.10 Å². The molecular weight excluding hydrogens is 398 g/mol. The maximum atomic E-state index is 10.6. The van der Waals surface area contributed by atoms with Crippen molar-refractivity contribution in [2.24, 2.45) is 40.4 Å². The fourth-order valence-electron chi connectivity index (χ4n) is 8.79. The highest BCUT2D eigenvalue weighted by Crippen LogP contribution is 2.67. The fraction of sp³-hybridized carbons (Fsp3) is 0.893. The number of aliphatic hydroxyl groups is 1. The summed E-state index contributed by atoms with van der Waals surface area (Å²) in [6, 6.07) is 0. The van der Waals surface area contributed by atoms with Crippen molar-refractivity contribution in [1.29, 1.82) is 0 Å². The quantitative estimate of drug-likeness (QED) is 0.310. The van der Waals surface area contributed by atoms with Crippen LogP contribution in [0.5, 0.6) is 0 Å². The van der Waals surface area contributed by atoms with E-state index >= 15 is 0 Å². The van der Waals surface area contributed by atoms with Crippen LogP contribution < -0.4 is 5.32 Å². The van der Waals surface area contributed by atoms with Gasteiger partial charge < -0.3 is 15.5 Å². The van der Waals surface area contributed by atoms with Gasteiger partial charge in [0.1, 0.15) is 0 Å². The number of rotatable bonds is 9. The zero-order valence-corrected chi connectivity index (χ0v) is 20.7. The van der Waals surface area contributed by atoms with E-state index in [1.807, 2.05) is 0 Å². The number of aliphatic hydroxyl groups excluding tert-OH is 1.